The molecule has 4 heteroatoms. The number of nitrogens with one attached hydrogen (secondary N) is 2. The summed E-state index contributed by atoms with van der Waals surface area (Å²) in [4.78, 5) is 4.27. The lowest BCUT2D eigenvalue weighted by Crippen LogP contribution is -2.33. The van der Waals surface area contributed by atoms with E-state index < -0.39 is 0 Å². The molecule has 86 valence electrons. The minimum Gasteiger partial charge on any atom is -0.314 e. The van der Waals surface area contributed by atoms with E-state index in [4.69, 9.17) is 0 Å². The Morgan fingerprint density at radius 3 is 2.67 bits per heavy atom. The normalized spacial score (nSPS) is 15.2. The first kappa shape index (κ1) is 12.2. The van der Waals surface area contributed by atoms with Crippen LogP contribution in [-0.2, 0) is 6.42 Å². The van der Waals surface area contributed by atoms with E-state index in [1.807, 2.05) is 6.92 Å². The van der Waals surface area contributed by atoms with Crippen molar-refractivity contribution in [2.75, 3.05) is 6.54 Å². The van der Waals surface area contributed by atoms with Crippen LogP contribution < -0.4 is 5.32 Å². The first-order chi connectivity index (χ1) is 7.13. The van der Waals surface area contributed by atoms with Gasteiger partial charge in [0.15, 0.2) is 5.82 Å². The third-order valence-electron chi connectivity index (χ3n) is 2.96. The van der Waals surface area contributed by atoms with Gasteiger partial charge in [0.05, 0.1) is 0 Å². The van der Waals surface area contributed by atoms with Gasteiger partial charge in [0.1, 0.15) is 5.82 Å². The van der Waals surface area contributed by atoms with Gasteiger partial charge in [-0.05, 0) is 19.8 Å². The molecule has 0 fully saturated rings. The summed E-state index contributed by atoms with van der Waals surface area (Å²) in [5.41, 5.74) is 0. The molecule has 1 aromatic rings. The molecule has 0 aliphatic heterocycles. The summed E-state index contributed by atoms with van der Waals surface area (Å²) < 4.78 is 0. The average Bonchev–Trinajstić information content (AvgIpc) is 2.63. The van der Waals surface area contributed by atoms with Gasteiger partial charge in [0, 0.05) is 19.0 Å². The molecule has 4 nitrogen and oxygen atoms in total. The highest BCUT2D eigenvalue weighted by Gasteiger charge is 2.09. The molecule has 1 rings (SSSR count). The predicted molar refractivity (Wildman–Crippen MR) is 61.7 cm³/mol. The topological polar surface area (TPSA) is 53.6 Å². The minimum absolute atomic E-state index is 0.565. The van der Waals surface area contributed by atoms with Crippen LogP contribution in [0, 0.1) is 12.8 Å². The lowest BCUT2D eigenvalue weighted by molar-refractivity contribution is 0.392. The summed E-state index contributed by atoms with van der Waals surface area (Å²) in [5, 5.41) is 10.5. The van der Waals surface area contributed by atoms with Crippen LogP contribution >= 0.6 is 0 Å². The standard InChI is InChI=1S/C11H22N4/c1-5-8(2)9(3)12-7-6-11-13-10(4)14-15-11/h8-9,12H,5-7H2,1-4H3,(H,13,14,15). The molecule has 1 aromatic heterocycles. The Labute approximate surface area is 91.9 Å². The Hall–Kier alpha value is -0.900. The van der Waals surface area contributed by atoms with Crippen LogP contribution in [0.1, 0.15) is 38.8 Å². The Balaban J connectivity index is 2.21. The van der Waals surface area contributed by atoms with E-state index in [0.717, 1.165) is 30.5 Å². The van der Waals surface area contributed by atoms with Gasteiger partial charge in [-0.25, -0.2) is 4.98 Å². The molecular weight excluding hydrogens is 188 g/mol. The number of rotatable bonds is 6. The zero-order valence-corrected chi connectivity index (χ0v) is 10.2. The van der Waals surface area contributed by atoms with Crippen LogP contribution in [0.3, 0.4) is 0 Å². The highest BCUT2D eigenvalue weighted by atomic mass is 15.2. The maximum absolute atomic E-state index is 4.27. The Bertz CT molecular complexity index is 282. The molecule has 2 atom stereocenters. The summed E-state index contributed by atoms with van der Waals surface area (Å²) >= 11 is 0. The number of aryl methyl sites for hydroxylation is 1. The molecule has 2 N–H and O–H groups in total. The van der Waals surface area contributed by atoms with Crippen molar-refractivity contribution in [3.63, 3.8) is 0 Å². The first-order valence-corrected chi connectivity index (χ1v) is 5.74. The summed E-state index contributed by atoms with van der Waals surface area (Å²) in [6.07, 6.45) is 2.11. The summed E-state index contributed by atoms with van der Waals surface area (Å²) in [6, 6.07) is 0.565. The van der Waals surface area contributed by atoms with E-state index >= 15 is 0 Å². The summed E-state index contributed by atoms with van der Waals surface area (Å²) in [7, 11) is 0. The van der Waals surface area contributed by atoms with Gasteiger partial charge < -0.3 is 5.32 Å². The molecule has 0 aromatic carbocycles. The lowest BCUT2D eigenvalue weighted by Gasteiger charge is -2.19. The molecule has 2 unspecified atom stereocenters. The minimum atomic E-state index is 0.565. The fourth-order valence-electron chi connectivity index (χ4n) is 1.47. The molecule has 0 aliphatic carbocycles. The van der Waals surface area contributed by atoms with Crippen molar-refractivity contribution in [3.8, 4) is 0 Å². The Morgan fingerprint density at radius 2 is 2.13 bits per heavy atom. The van der Waals surface area contributed by atoms with Crippen molar-refractivity contribution in [1.29, 1.82) is 0 Å². The maximum Gasteiger partial charge on any atom is 0.151 e. The van der Waals surface area contributed by atoms with Crippen molar-refractivity contribution < 1.29 is 0 Å². The Morgan fingerprint density at radius 1 is 1.40 bits per heavy atom. The van der Waals surface area contributed by atoms with E-state index in [0.29, 0.717) is 6.04 Å². The highest BCUT2D eigenvalue weighted by Crippen LogP contribution is 2.06. The van der Waals surface area contributed by atoms with Gasteiger partial charge in [-0.1, -0.05) is 20.3 Å². The van der Waals surface area contributed by atoms with E-state index in [1.54, 1.807) is 0 Å². The summed E-state index contributed by atoms with van der Waals surface area (Å²) in [6.45, 7) is 9.60. The fraction of sp³-hybridized carbons (Fsp3) is 0.818. The first-order valence-electron chi connectivity index (χ1n) is 5.74. The zero-order chi connectivity index (χ0) is 11.3. The second-order valence-electron chi connectivity index (χ2n) is 4.22. The second kappa shape index (κ2) is 5.85. The molecule has 0 saturated heterocycles. The van der Waals surface area contributed by atoms with Crippen molar-refractivity contribution in [3.05, 3.63) is 11.6 Å². The monoisotopic (exact) mass is 210 g/mol. The van der Waals surface area contributed by atoms with Crippen LogP contribution in [-0.4, -0.2) is 27.8 Å². The third-order valence-corrected chi connectivity index (χ3v) is 2.96. The van der Waals surface area contributed by atoms with Crippen molar-refractivity contribution in [1.82, 2.24) is 20.5 Å². The molecule has 15 heavy (non-hydrogen) atoms. The molecule has 0 radical (unpaired) electrons. The van der Waals surface area contributed by atoms with Gasteiger partial charge in [-0.2, -0.15) is 5.10 Å². The van der Waals surface area contributed by atoms with Crippen molar-refractivity contribution >= 4 is 0 Å². The van der Waals surface area contributed by atoms with Crippen molar-refractivity contribution in [2.45, 2.75) is 46.6 Å². The largest absolute Gasteiger partial charge is 0.314 e. The highest BCUT2D eigenvalue weighted by molar-refractivity contribution is 4.88. The van der Waals surface area contributed by atoms with Gasteiger partial charge in [-0.15, -0.1) is 0 Å². The number of aromatic amines is 1. The van der Waals surface area contributed by atoms with E-state index in [1.165, 1.54) is 6.42 Å². The number of aromatic nitrogens is 3. The van der Waals surface area contributed by atoms with Gasteiger partial charge in [0.25, 0.3) is 0 Å². The molecular formula is C11H22N4. The quantitative estimate of drug-likeness (QED) is 0.751. The van der Waals surface area contributed by atoms with Crippen LogP contribution in [0.5, 0.6) is 0 Å². The lowest BCUT2D eigenvalue weighted by atomic mass is 10.0. The number of hydrogen-bond acceptors (Lipinski definition) is 3. The molecule has 1 heterocycles. The third kappa shape index (κ3) is 4.00. The molecule has 0 saturated carbocycles. The van der Waals surface area contributed by atoms with E-state index in [9.17, 15) is 0 Å². The second-order valence-corrected chi connectivity index (χ2v) is 4.22. The van der Waals surface area contributed by atoms with Crippen molar-refractivity contribution in [2.24, 2.45) is 5.92 Å². The van der Waals surface area contributed by atoms with Gasteiger partial charge >= 0.3 is 0 Å². The van der Waals surface area contributed by atoms with E-state index in [2.05, 4.69) is 41.3 Å². The average molecular weight is 210 g/mol. The number of nitrogens with zero attached hydrogens (tertiary/aromatic N) is 2. The Kier molecular flexibility index (Phi) is 4.75. The van der Waals surface area contributed by atoms with Gasteiger partial charge in [0.2, 0.25) is 0 Å². The zero-order valence-electron chi connectivity index (χ0n) is 10.2. The van der Waals surface area contributed by atoms with Crippen LogP contribution in [0.25, 0.3) is 0 Å². The van der Waals surface area contributed by atoms with E-state index in [-0.39, 0.29) is 0 Å². The molecule has 0 amide bonds. The fourth-order valence-corrected chi connectivity index (χ4v) is 1.47. The van der Waals surface area contributed by atoms with Crippen LogP contribution in [0.4, 0.5) is 0 Å². The van der Waals surface area contributed by atoms with Crippen LogP contribution in [0.15, 0.2) is 0 Å². The molecule has 0 spiro atoms. The maximum atomic E-state index is 4.27. The predicted octanol–water partition coefficient (Wildman–Crippen LogP) is 1.68. The number of H-pyrrole nitrogens is 1. The molecule has 0 aliphatic rings. The number of hydrogen-bond donors (Lipinski definition) is 2. The SMILES string of the molecule is CCC(C)C(C)NCCc1n[nH]c(C)n1. The smallest absolute Gasteiger partial charge is 0.151 e. The summed E-state index contributed by atoms with van der Waals surface area (Å²) in [5.74, 6) is 2.51. The molecule has 0 bridgehead atoms. The van der Waals surface area contributed by atoms with Gasteiger partial charge in [-0.3, -0.25) is 5.10 Å². The van der Waals surface area contributed by atoms with Crippen LogP contribution in [0.2, 0.25) is 0 Å².